The molecule has 3 aromatic rings. The van der Waals surface area contributed by atoms with Crippen molar-refractivity contribution in [3.63, 3.8) is 0 Å². The predicted octanol–water partition coefficient (Wildman–Crippen LogP) is 4.70. The summed E-state index contributed by atoms with van der Waals surface area (Å²) in [5, 5.41) is 14.6. The molecule has 2 N–H and O–H groups in total. The van der Waals surface area contributed by atoms with Crippen molar-refractivity contribution in [2.75, 3.05) is 19.8 Å². The van der Waals surface area contributed by atoms with E-state index in [0.717, 1.165) is 22.3 Å². The number of nitrogens with zero attached hydrogens (tertiary/aromatic N) is 1. The van der Waals surface area contributed by atoms with Gasteiger partial charge in [0.1, 0.15) is 18.5 Å². The molecule has 1 heterocycles. The van der Waals surface area contributed by atoms with Gasteiger partial charge in [0.2, 0.25) is 0 Å². The monoisotopic (exact) mass is 450 g/mol. The second kappa shape index (κ2) is 10.4. The number of aromatic nitrogens is 1. The number of aliphatic hydroxyl groups is 1. The summed E-state index contributed by atoms with van der Waals surface area (Å²) in [6.45, 7) is 6.82. The van der Waals surface area contributed by atoms with Crippen LogP contribution in [0, 0.1) is 13.8 Å². The van der Waals surface area contributed by atoms with Crippen LogP contribution in [0.3, 0.4) is 0 Å². The van der Waals surface area contributed by atoms with Crippen LogP contribution >= 0.6 is 0 Å². The highest BCUT2D eigenvalue weighted by Gasteiger charge is 2.23. The lowest BCUT2D eigenvalue weighted by molar-refractivity contribution is 0.0527. The number of aliphatic hydroxyl groups excluding tert-OH is 1. The van der Waals surface area contributed by atoms with Gasteiger partial charge in [0.25, 0.3) is 0 Å². The van der Waals surface area contributed by atoms with Crippen molar-refractivity contribution >= 4 is 16.9 Å². The summed E-state index contributed by atoms with van der Waals surface area (Å²) in [6, 6.07) is 14.4. The molecule has 0 unspecified atom stereocenters. The Labute approximate surface area is 195 Å². The maximum Gasteiger partial charge on any atom is 0.340 e. The van der Waals surface area contributed by atoms with Gasteiger partial charge in [0.15, 0.2) is 0 Å². The number of fused-ring (bicyclic) bond motifs is 1. The molecule has 2 aromatic carbocycles. The van der Waals surface area contributed by atoms with E-state index in [4.69, 9.17) is 9.47 Å². The van der Waals surface area contributed by atoms with Crippen LogP contribution in [0.4, 0.5) is 0 Å². The van der Waals surface area contributed by atoms with E-state index in [0.29, 0.717) is 30.5 Å². The minimum absolute atomic E-state index is 0.192. The molecule has 0 spiro atoms. The quantitative estimate of drug-likeness (QED) is 0.463. The molecule has 176 valence electrons. The van der Waals surface area contributed by atoms with Crippen molar-refractivity contribution in [1.29, 1.82) is 0 Å². The molecule has 0 saturated heterocycles. The van der Waals surface area contributed by atoms with Crippen LogP contribution in [0.5, 0.6) is 5.75 Å². The first-order valence-electron chi connectivity index (χ1n) is 11.9. The molecule has 1 aliphatic carbocycles. The van der Waals surface area contributed by atoms with Crippen molar-refractivity contribution in [1.82, 2.24) is 9.88 Å². The molecule has 1 saturated carbocycles. The number of hydrogen-bond donors (Lipinski definition) is 2. The van der Waals surface area contributed by atoms with Gasteiger partial charge in [-0.1, -0.05) is 30.5 Å². The summed E-state index contributed by atoms with van der Waals surface area (Å²) < 4.78 is 13.3. The number of nitrogens with one attached hydrogen (secondary N) is 1. The Bertz CT molecular complexity index is 1100. The van der Waals surface area contributed by atoms with Crippen molar-refractivity contribution in [2.24, 2.45) is 0 Å². The third kappa shape index (κ3) is 5.23. The van der Waals surface area contributed by atoms with Gasteiger partial charge in [0, 0.05) is 29.4 Å². The largest absolute Gasteiger partial charge is 0.491 e. The van der Waals surface area contributed by atoms with Gasteiger partial charge in [-0.05, 0) is 63.9 Å². The number of aryl methyl sites for hydroxylation is 1. The number of carbonyl (C=O) groups excluding carboxylic acids is 1. The molecular weight excluding hydrogens is 416 g/mol. The maximum atomic E-state index is 12.8. The highest BCUT2D eigenvalue weighted by atomic mass is 16.5. The van der Waals surface area contributed by atoms with Crippen molar-refractivity contribution in [2.45, 2.75) is 58.6 Å². The fourth-order valence-electron chi connectivity index (χ4n) is 4.66. The van der Waals surface area contributed by atoms with Crippen LogP contribution in [0.1, 0.15) is 54.2 Å². The van der Waals surface area contributed by atoms with Gasteiger partial charge in [-0.15, -0.1) is 0 Å². The Morgan fingerprint density at radius 3 is 2.58 bits per heavy atom. The molecule has 1 atom stereocenters. The Morgan fingerprint density at radius 2 is 1.88 bits per heavy atom. The minimum atomic E-state index is -0.593. The zero-order chi connectivity index (χ0) is 23.4. The average Bonchev–Trinajstić information content (AvgIpc) is 3.42. The van der Waals surface area contributed by atoms with Crippen LogP contribution in [0.2, 0.25) is 0 Å². The van der Waals surface area contributed by atoms with E-state index in [1.807, 2.05) is 32.0 Å². The highest BCUT2D eigenvalue weighted by molar-refractivity contribution is 6.07. The maximum absolute atomic E-state index is 12.8. The van der Waals surface area contributed by atoms with Gasteiger partial charge in [-0.3, -0.25) is 0 Å². The number of ether oxygens (including phenoxy) is 2. The number of esters is 1. The predicted molar refractivity (Wildman–Crippen MR) is 130 cm³/mol. The summed E-state index contributed by atoms with van der Waals surface area (Å²) in [7, 11) is 0. The average molecular weight is 451 g/mol. The molecular formula is C27H34N2O4. The van der Waals surface area contributed by atoms with E-state index in [2.05, 4.69) is 41.1 Å². The number of benzene rings is 2. The molecule has 6 heteroatoms. The Balaban J connectivity index is 1.59. The van der Waals surface area contributed by atoms with E-state index in [1.165, 1.54) is 31.2 Å². The third-order valence-electron chi connectivity index (χ3n) is 6.39. The number of hydrogen-bond acceptors (Lipinski definition) is 5. The van der Waals surface area contributed by atoms with Crippen LogP contribution < -0.4 is 10.1 Å². The lowest BCUT2D eigenvalue weighted by atomic mass is 10.1. The second-order valence-corrected chi connectivity index (χ2v) is 8.89. The molecule has 0 amide bonds. The third-order valence-corrected chi connectivity index (χ3v) is 6.39. The molecule has 0 radical (unpaired) electrons. The van der Waals surface area contributed by atoms with Crippen LogP contribution in [-0.4, -0.2) is 47.5 Å². The molecule has 0 bridgehead atoms. The topological polar surface area (TPSA) is 72.7 Å². The van der Waals surface area contributed by atoms with E-state index in [9.17, 15) is 9.90 Å². The van der Waals surface area contributed by atoms with E-state index in [-0.39, 0.29) is 12.6 Å². The zero-order valence-corrected chi connectivity index (χ0v) is 19.8. The molecule has 4 rings (SSSR count). The first kappa shape index (κ1) is 23.3. The molecule has 33 heavy (non-hydrogen) atoms. The standard InChI is InChI=1S/C27H34N2O4/c1-4-32-27(31)26-19(3)29(21-11-9-18(2)10-12-21)25-14-13-23(15-24(25)26)33-17-22(30)16-28-20-7-5-6-8-20/h9-15,20,22,28,30H,4-8,16-17H2,1-3H3/t22-/m0/s1. The SMILES string of the molecule is CCOC(=O)c1c(C)n(-c2ccc(C)cc2)c2ccc(OC[C@@H](O)CNC3CCCC3)cc12. The summed E-state index contributed by atoms with van der Waals surface area (Å²) >= 11 is 0. The summed E-state index contributed by atoms with van der Waals surface area (Å²) in [5.41, 5.74) is 4.44. The Morgan fingerprint density at radius 1 is 1.15 bits per heavy atom. The number of carbonyl (C=O) groups is 1. The minimum Gasteiger partial charge on any atom is -0.491 e. The normalized spacial score (nSPS) is 15.2. The molecule has 1 aliphatic rings. The first-order valence-corrected chi connectivity index (χ1v) is 11.9. The Kier molecular flexibility index (Phi) is 7.36. The van der Waals surface area contributed by atoms with Gasteiger partial charge in [-0.25, -0.2) is 4.79 Å². The molecule has 1 aromatic heterocycles. The molecule has 0 aliphatic heterocycles. The van der Waals surface area contributed by atoms with Gasteiger partial charge < -0.3 is 24.5 Å². The summed E-state index contributed by atoms with van der Waals surface area (Å²) in [5.74, 6) is 0.276. The Hall–Kier alpha value is -2.83. The molecule has 6 nitrogen and oxygen atoms in total. The highest BCUT2D eigenvalue weighted by Crippen LogP contribution is 2.32. The number of rotatable bonds is 9. The fraction of sp³-hybridized carbons (Fsp3) is 0.444. The lowest BCUT2D eigenvalue weighted by Gasteiger charge is -2.17. The summed E-state index contributed by atoms with van der Waals surface area (Å²) in [6.07, 6.45) is 4.28. The van der Waals surface area contributed by atoms with E-state index in [1.54, 1.807) is 0 Å². The van der Waals surface area contributed by atoms with Crippen molar-refractivity contribution in [3.8, 4) is 11.4 Å². The van der Waals surface area contributed by atoms with Crippen LogP contribution in [0.25, 0.3) is 16.6 Å². The zero-order valence-electron chi connectivity index (χ0n) is 19.8. The van der Waals surface area contributed by atoms with Gasteiger partial charge in [-0.2, -0.15) is 0 Å². The van der Waals surface area contributed by atoms with Crippen molar-refractivity contribution < 1.29 is 19.4 Å². The second-order valence-electron chi connectivity index (χ2n) is 8.89. The van der Waals surface area contributed by atoms with Crippen LogP contribution in [0.15, 0.2) is 42.5 Å². The summed E-state index contributed by atoms with van der Waals surface area (Å²) in [4.78, 5) is 12.8. The van der Waals surface area contributed by atoms with E-state index >= 15 is 0 Å². The molecule has 1 fully saturated rings. The smallest absolute Gasteiger partial charge is 0.340 e. The van der Waals surface area contributed by atoms with Crippen molar-refractivity contribution in [3.05, 3.63) is 59.3 Å². The van der Waals surface area contributed by atoms with Crippen LogP contribution in [-0.2, 0) is 4.74 Å². The first-order chi connectivity index (χ1) is 16.0. The lowest BCUT2D eigenvalue weighted by Crippen LogP contribution is -2.36. The van der Waals surface area contributed by atoms with Gasteiger partial charge in [0.05, 0.1) is 17.7 Å². The fourth-order valence-corrected chi connectivity index (χ4v) is 4.66. The van der Waals surface area contributed by atoms with E-state index < -0.39 is 6.10 Å². The van der Waals surface area contributed by atoms with Gasteiger partial charge >= 0.3 is 5.97 Å².